The van der Waals surface area contributed by atoms with Crippen LogP contribution in [0.2, 0.25) is 0 Å². The van der Waals surface area contributed by atoms with Gasteiger partial charge in [-0.25, -0.2) is 4.57 Å². The van der Waals surface area contributed by atoms with E-state index in [2.05, 4.69) is 11.4 Å². The summed E-state index contributed by atoms with van der Waals surface area (Å²) in [6.07, 6.45) is 6.18. The zero-order valence-electron chi connectivity index (χ0n) is 17.0. The van der Waals surface area contributed by atoms with Gasteiger partial charge < -0.3 is 24.7 Å². The molecule has 0 aromatic carbocycles. The van der Waals surface area contributed by atoms with Crippen molar-refractivity contribution in [2.24, 2.45) is 5.92 Å². The summed E-state index contributed by atoms with van der Waals surface area (Å²) in [5.41, 5.74) is 0. The molecule has 0 aromatic rings. The Bertz CT molecular complexity index is 494. The number of Topliss-reactive ketones (excluding diaryl/α,β-unsaturated/α-hetero) is 1. The summed E-state index contributed by atoms with van der Waals surface area (Å²) in [4.78, 5) is 28.8. The van der Waals surface area contributed by atoms with E-state index in [0.717, 1.165) is 57.8 Å². The average Bonchev–Trinajstić information content (AvgIpc) is 2.88. The van der Waals surface area contributed by atoms with Gasteiger partial charge in [0.2, 0.25) is 0 Å². The Labute approximate surface area is 167 Å². The molecule has 0 radical (unpaired) electrons. The molecule has 5 unspecified atom stereocenters. The highest BCUT2D eigenvalue weighted by molar-refractivity contribution is 7.46. The number of hydrogen-bond acceptors (Lipinski definition) is 6. The number of ether oxygens (including phenoxy) is 1. The van der Waals surface area contributed by atoms with Crippen LogP contribution in [0.15, 0.2) is 0 Å². The summed E-state index contributed by atoms with van der Waals surface area (Å²) in [6, 6.07) is 0. The molecule has 166 valence electrons. The van der Waals surface area contributed by atoms with Crippen LogP contribution in [0.1, 0.15) is 78.1 Å². The van der Waals surface area contributed by atoms with Crippen LogP contribution in [0.25, 0.3) is 0 Å². The molecule has 8 nitrogen and oxygen atoms in total. The predicted octanol–water partition coefficient (Wildman–Crippen LogP) is 2.71. The lowest BCUT2D eigenvalue weighted by Crippen LogP contribution is -2.34. The van der Waals surface area contributed by atoms with Crippen LogP contribution >= 0.6 is 7.82 Å². The summed E-state index contributed by atoms with van der Waals surface area (Å²) in [5, 5.41) is 19.9. The number of phosphoric acid groups is 1. The van der Waals surface area contributed by atoms with Crippen LogP contribution < -0.4 is 0 Å². The highest BCUT2D eigenvalue weighted by Gasteiger charge is 2.42. The van der Waals surface area contributed by atoms with Gasteiger partial charge >= 0.3 is 7.82 Å². The SMILES string of the molecule is CCC(CCCCCCCCCC1OC(COP(=O)(O)O)C(O)C1O)C(C)=O. The van der Waals surface area contributed by atoms with E-state index in [4.69, 9.17) is 14.5 Å². The number of carbonyl (C=O) groups excluding carboxylic acids is 1. The van der Waals surface area contributed by atoms with E-state index in [-0.39, 0.29) is 5.92 Å². The van der Waals surface area contributed by atoms with Gasteiger partial charge in [0.15, 0.2) is 0 Å². The van der Waals surface area contributed by atoms with Crippen molar-refractivity contribution >= 4 is 13.6 Å². The molecule has 5 atom stereocenters. The lowest BCUT2D eigenvalue weighted by molar-refractivity contribution is -0.121. The molecular weight excluding hydrogens is 387 g/mol. The molecule has 1 saturated heterocycles. The molecule has 0 bridgehead atoms. The van der Waals surface area contributed by atoms with Gasteiger partial charge in [0.05, 0.1) is 12.7 Å². The summed E-state index contributed by atoms with van der Waals surface area (Å²) >= 11 is 0. The molecular formula is C19H37O8P. The maximum absolute atomic E-state index is 11.4. The van der Waals surface area contributed by atoms with E-state index < -0.39 is 38.8 Å². The van der Waals surface area contributed by atoms with Crippen LogP contribution in [0, 0.1) is 5.92 Å². The molecule has 0 aromatic heterocycles. The smallest absolute Gasteiger partial charge is 0.388 e. The second-order valence-electron chi connectivity index (χ2n) is 7.75. The maximum Gasteiger partial charge on any atom is 0.469 e. The largest absolute Gasteiger partial charge is 0.469 e. The van der Waals surface area contributed by atoms with Crippen molar-refractivity contribution in [1.82, 2.24) is 0 Å². The molecule has 1 aliphatic rings. The fraction of sp³-hybridized carbons (Fsp3) is 0.947. The third-order valence-electron chi connectivity index (χ3n) is 5.48. The summed E-state index contributed by atoms with van der Waals surface area (Å²) in [6.45, 7) is 3.27. The van der Waals surface area contributed by atoms with E-state index in [1.807, 2.05) is 0 Å². The fourth-order valence-electron chi connectivity index (χ4n) is 3.69. The van der Waals surface area contributed by atoms with Crippen LogP contribution in [-0.4, -0.2) is 56.8 Å². The van der Waals surface area contributed by atoms with Gasteiger partial charge in [-0.2, -0.15) is 0 Å². The van der Waals surface area contributed by atoms with Crippen molar-refractivity contribution in [3.8, 4) is 0 Å². The second kappa shape index (κ2) is 13.1. The Morgan fingerprint density at radius 1 is 1.00 bits per heavy atom. The normalized spacial score (nSPS) is 26.5. The Kier molecular flexibility index (Phi) is 12.0. The highest BCUT2D eigenvalue weighted by Crippen LogP contribution is 2.37. The van der Waals surface area contributed by atoms with Crippen molar-refractivity contribution < 1.29 is 38.6 Å². The molecule has 1 rings (SSSR count). The topological polar surface area (TPSA) is 134 Å². The molecule has 9 heteroatoms. The van der Waals surface area contributed by atoms with Gasteiger partial charge in [-0.15, -0.1) is 0 Å². The maximum atomic E-state index is 11.4. The minimum absolute atomic E-state index is 0.212. The number of phosphoric ester groups is 1. The number of unbranched alkanes of at least 4 members (excludes halogenated alkanes) is 6. The van der Waals surface area contributed by atoms with Crippen molar-refractivity contribution in [3.05, 3.63) is 0 Å². The van der Waals surface area contributed by atoms with Crippen LogP contribution in [0.4, 0.5) is 0 Å². The van der Waals surface area contributed by atoms with E-state index in [1.165, 1.54) is 0 Å². The van der Waals surface area contributed by atoms with Crippen molar-refractivity contribution in [1.29, 1.82) is 0 Å². The third-order valence-corrected chi connectivity index (χ3v) is 5.96. The Hall–Kier alpha value is -0.340. The minimum atomic E-state index is -4.63. The lowest BCUT2D eigenvalue weighted by atomic mass is 9.94. The highest BCUT2D eigenvalue weighted by atomic mass is 31.2. The molecule has 1 aliphatic heterocycles. The molecule has 0 saturated carbocycles. The number of carbonyl (C=O) groups is 1. The van der Waals surface area contributed by atoms with Crippen molar-refractivity contribution in [3.63, 3.8) is 0 Å². The average molecular weight is 424 g/mol. The number of aliphatic hydroxyl groups excluding tert-OH is 2. The van der Waals surface area contributed by atoms with Gasteiger partial charge in [0.1, 0.15) is 24.1 Å². The first-order chi connectivity index (χ1) is 13.2. The summed E-state index contributed by atoms with van der Waals surface area (Å²) < 4.78 is 20.6. The van der Waals surface area contributed by atoms with E-state index >= 15 is 0 Å². The second-order valence-corrected chi connectivity index (χ2v) is 8.99. The molecule has 0 aliphatic carbocycles. The van der Waals surface area contributed by atoms with Gasteiger partial charge in [0.25, 0.3) is 0 Å². The van der Waals surface area contributed by atoms with Gasteiger partial charge in [-0.3, -0.25) is 9.32 Å². The molecule has 28 heavy (non-hydrogen) atoms. The standard InChI is InChI=1S/C19H37O8P/c1-3-15(14(2)20)11-9-7-5-4-6-8-10-12-16-18(21)19(22)17(27-16)13-26-28(23,24)25/h15-19,21-22H,3-13H2,1-2H3,(H2,23,24,25). The molecule has 0 amide bonds. The van der Waals surface area contributed by atoms with Crippen LogP contribution in [0.3, 0.4) is 0 Å². The van der Waals surface area contributed by atoms with Crippen molar-refractivity contribution in [2.75, 3.05) is 6.61 Å². The first-order valence-electron chi connectivity index (χ1n) is 10.4. The zero-order valence-corrected chi connectivity index (χ0v) is 17.9. The lowest BCUT2D eigenvalue weighted by Gasteiger charge is -2.14. The van der Waals surface area contributed by atoms with Crippen LogP contribution in [0.5, 0.6) is 0 Å². The third kappa shape index (κ3) is 9.92. The van der Waals surface area contributed by atoms with Gasteiger partial charge in [0, 0.05) is 5.92 Å². The predicted molar refractivity (Wildman–Crippen MR) is 105 cm³/mol. The quantitative estimate of drug-likeness (QED) is 0.233. The molecule has 1 fully saturated rings. The Morgan fingerprint density at radius 2 is 1.54 bits per heavy atom. The molecule has 4 N–H and O–H groups in total. The zero-order chi connectivity index (χ0) is 21.2. The molecule has 0 spiro atoms. The number of ketones is 1. The Morgan fingerprint density at radius 3 is 2.07 bits per heavy atom. The van der Waals surface area contributed by atoms with E-state index in [9.17, 15) is 19.6 Å². The number of aliphatic hydroxyl groups is 2. The summed E-state index contributed by atoms with van der Waals surface area (Å²) in [5.74, 6) is 0.503. The minimum Gasteiger partial charge on any atom is -0.388 e. The fourth-order valence-corrected chi connectivity index (χ4v) is 4.03. The van der Waals surface area contributed by atoms with Crippen molar-refractivity contribution in [2.45, 2.75) is 102 Å². The Balaban J connectivity index is 2.08. The van der Waals surface area contributed by atoms with Crippen LogP contribution in [-0.2, 0) is 18.6 Å². The van der Waals surface area contributed by atoms with Gasteiger partial charge in [-0.1, -0.05) is 51.9 Å². The van der Waals surface area contributed by atoms with E-state index in [1.54, 1.807) is 6.92 Å². The first-order valence-corrected chi connectivity index (χ1v) is 11.9. The first kappa shape index (κ1) is 25.7. The molecule has 1 heterocycles. The number of hydrogen-bond donors (Lipinski definition) is 4. The van der Waals surface area contributed by atoms with Gasteiger partial charge in [-0.05, 0) is 26.2 Å². The monoisotopic (exact) mass is 424 g/mol. The number of rotatable bonds is 15. The summed E-state index contributed by atoms with van der Waals surface area (Å²) in [7, 11) is -4.63. The van der Waals surface area contributed by atoms with E-state index in [0.29, 0.717) is 12.2 Å².